The van der Waals surface area contributed by atoms with Gasteiger partial charge in [-0.15, -0.1) is 16.6 Å². The summed E-state index contributed by atoms with van der Waals surface area (Å²) in [7, 11) is 0. The fraction of sp³-hybridized carbons (Fsp3) is 0.692. The van der Waals surface area contributed by atoms with Crippen molar-refractivity contribution in [3.63, 3.8) is 0 Å². The number of carbonyl (C=O) groups excluding carboxylic acids is 4. The first-order chi connectivity index (χ1) is 20.9. The van der Waals surface area contributed by atoms with Crippen molar-refractivity contribution in [1.82, 2.24) is 40.8 Å². The van der Waals surface area contributed by atoms with Crippen LogP contribution in [-0.2, 0) is 30.5 Å². The summed E-state index contributed by atoms with van der Waals surface area (Å²) < 4.78 is 0. The minimum absolute atomic E-state index is 0.00674. The normalized spacial score (nSPS) is 28.5. The maximum absolute atomic E-state index is 13.3. The van der Waals surface area contributed by atoms with Crippen LogP contribution in [0.25, 0.3) is 0 Å². The first kappa shape index (κ1) is 31.5. The SMILES string of the molecule is C[C@@H](CC(=O)Cn1nnnn1)[C@H]1C(=O)N2C(C(=O)O)=C(S[C@@H]3CN[C@H](C(=O)N4CC[C@@H](CC(=O)CN=C(N)N)C4)C3)[C@H](C)[C@H]12. The molecule has 2 amide bonds. The van der Waals surface area contributed by atoms with Crippen LogP contribution in [0.3, 0.4) is 0 Å². The number of aromatic nitrogens is 5. The molecule has 1 aromatic rings. The fourth-order valence-corrected chi connectivity index (χ4v) is 8.31. The highest BCUT2D eigenvalue weighted by atomic mass is 32.2. The van der Waals surface area contributed by atoms with Crippen LogP contribution >= 0.6 is 11.8 Å². The summed E-state index contributed by atoms with van der Waals surface area (Å²) in [6.07, 6.45) is 1.65. The Morgan fingerprint density at radius 1 is 1.18 bits per heavy atom. The lowest BCUT2D eigenvalue weighted by Gasteiger charge is -2.47. The van der Waals surface area contributed by atoms with Crippen LogP contribution in [-0.4, -0.2) is 119 Å². The molecule has 0 bridgehead atoms. The topological polar surface area (TPSA) is 245 Å². The van der Waals surface area contributed by atoms with Crippen molar-refractivity contribution in [1.29, 1.82) is 0 Å². The number of guanidine groups is 1. The third-order valence-corrected chi connectivity index (χ3v) is 10.3. The number of carboxylic acid groups (broad SMARTS) is 1. The highest BCUT2D eigenvalue weighted by Gasteiger charge is 2.60. The Balaban J connectivity index is 1.16. The number of nitrogens with one attached hydrogen (secondary N) is 1. The summed E-state index contributed by atoms with van der Waals surface area (Å²) in [5, 5.41) is 27.2. The first-order valence-electron chi connectivity index (χ1n) is 14.6. The zero-order chi connectivity index (χ0) is 31.7. The summed E-state index contributed by atoms with van der Waals surface area (Å²) in [5.41, 5.74) is 10.6. The van der Waals surface area contributed by atoms with Crippen LogP contribution in [0.2, 0.25) is 0 Å². The molecule has 0 aromatic carbocycles. The molecule has 1 aromatic heterocycles. The average molecular weight is 632 g/mol. The van der Waals surface area contributed by atoms with Crippen LogP contribution in [0.15, 0.2) is 15.6 Å². The van der Waals surface area contributed by atoms with Crippen molar-refractivity contribution in [2.45, 2.75) is 63.4 Å². The molecule has 0 radical (unpaired) electrons. The Hall–Kier alpha value is -3.93. The van der Waals surface area contributed by atoms with E-state index in [-0.39, 0.29) is 83.6 Å². The number of rotatable bonds is 13. The number of carbonyl (C=O) groups is 5. The van der Waals surface area contributed by atoms with E-state index in [1.807, 2.05) is 13.8 Å². The van der Waals surface area contributed by atoms with Gasteiger partial charge in [-0.1, -0.05) is 13.8 Å². The molecule has 17 nitrogen and oxygen atoms in total. The first-order valence-corrected chi connectivity index (χ1v) is 15.5. The van der Waals surface area contributed by atoms with E-state index in [2.05, 4.69) is 31.2 Å². The number of aliphatic carboxylic acids is 1. The Morgan fingerprint density at radius 2 is 1.91 bits per heavy atom. The molecule has 3 fully saturated rings. The van der Waals surface area contributed by atoms with Crippen LogP contribution in [0.5, 0.6) is 0 Å². The monoisotopic (exact) mass is 631 g/mol. The van der Waals surface area contributed by atoms with Gasteiger partial charge in [0.2, 0.25) is 11.8 Å². The quantitative estimate of drug-likeness (QED) is 0.104. The van der Waals surface area contributed by atoms with Crippen molar-refractivity contribution in [3.05, 3.63) is 10.6 Å². The van der Waals surface area contributed by atoms with Gasteiger partial charge in [0.05, 0.1) is 18.0 Å². The van der Waals surface area contributed by atoms with Crippen molar-refractivity contribution in [3.8, 4) is 0 Å². The van der Waals surface area contributed by atoms with Crippen LogP contribution < -0.4 is 16.8 Å². The standard InChI is InChI=1S/C26H37N11O6S/c1-12(5-16(39)11-36-33-31-32-34-36)19-20-13(2)22(21(25(42)43)37(20)24(19)41)44-17-7-18(29-9-17)23(40)35-4-3-14(10-35)6-15(38)8-30-26(27)28/h12-14,17-20,29H,3-11H2,1-2H3,(H,42,43)(H4,27,28,30)/t12-,13+,14-,17-,18-,19+,20+/m0/s1. The van der Waals surface area contributed by atoms with E-state index in [1.54, 1.807) is 4.90 Å². The number of thioether (sulfide) groups is 1. The van der Waals surface area contributed by atoms with Gasteiger partial charge in [-0.2, -0.15) is 0 Å². The number of aliphatic imine (C=N–C) groups is 1. The number of likely N-dealkylation sites (tertiary alicyclic amines) is 1. The van der Waals surface area contributed by atoms with E-state index in [0.717, 1.165) is 11.2 Å². The molecule has 18 heteroatoms. The number of amides is 2. The van der Waals surface area contributed by atoms with Crippen molar-refractivity contribution in [2.75, 3.05) is 26.2 Å². The Bertz CT molecular complexity index is 1380. The number of nitrogens with two attached hydrogens (primary N) is 2. The largest absolute Gasteiger partial charge is 0.477 e. The number of fused-ring (bicyclic) bond motifs is 1. The van der Waals surface area contributed by atoms with Crippen molar-refractivity contribution < 1.29 is 29.1 Å². The van der Waals surface area contributed by atoms with Crippen LogP contribution in [0.4, 0.5) is 0 Å². The van der Waals surface area contributed by atoms with E-state index in [1.165, 1.54) is 16.7 Å². The lowest BCUT2D eigenvalue weighted by molar-refractivity contribution is -0.160. The summed E-state index contributed by atoms with van der Waals surface area (Å²) in [5.74, 6) is -2.87. The molecule has 4 aliphatic rings. The van der Waals surface area contributed by atoms with Crippen LogP contribution in [0.1, 0.15) is 39.5 Å². The second kappa shape index (κ2) is 13.0. The van der Waals surface area contributed by atoms with E-state index in [0.29, 0.717) is 37.4 Å². The molecular weight excluding hydrogens is 594 g/mol. The van der Waals surface area contributed by atoms with Gasteiger partial charge in [0.1, 0.15) is 18.8 Å². The van der Waals surface area contributed by atoms with Gasteiger partial charge < -0.3 is 31.7 Å². The van der Waals surface area contributed by atoms with Gasteiger partial charge in [-0.3, -0.25) is 19.2 Å². The fourth-order valence-electron chi connectivity index (χ4n) is 6.83. The molecule has 7 atom stereocenters. The second-order valence-corrected chi connectivity index (χ2v) is 13.3. The summed E-state index contributed by atoms with van der Waals surface area (Å²) >= 11 is 1.41. The molecule has 6 N–H and O–H groups in total. The maximum atomic E-state index is 13.3. The smallest absolute Gasteiger partial charge is 0.353 e. The summed E-state index contributed by atoms with van der Waals surface area (Å²) in [6.45, 7) is 5.13. The molecule has 0 unspecified atom stereocenters. The predicted octanol–water partition coefficient (Wildman–Crippen LogP) is -2.02. The number of hydrogen-bond donors (Lipinski definition) is 4. The highest BCUT2D eigenvalue weighted by Crippen LogP contribution is 2.53. The zero-order valence-electron chi connectivity index (χ0n) is 24.5. The van der Waals surface area contributed by atoms with Gasteiger partial charge in [0.15, 0.2) is 17.5 Å². The lowest BCUT2D eigenvalue weighted by Crippen LogP contribution is -2.62. The zero-order valence-corrected chi connectivity index (χ0v) is 25.4. The Kier molecular flexibility index (Phi) is 9.28. The molecule has 5 rings (SSSR count). The van der Waals surface area contributed by atoms with Gasteiger partial charge in [0, 0.05) is 48.5 Å². The molecule has 0 saturated carbocycles. The molecule has 0 spiro atoms. The van der Waals surface area contributed by atoms with Gasteiger partial charge in [-0.25, -0.2) is 9.79 Å². The number of ketones is 2. The lowest BCUT2D eigenvalue weighted by atomic mass is 9.73. The Morgan fingerprint density at radius 3 is 2.59 bits per heavy atom. The van der Waals surface area contributed by atoms with E-state index in [9.17, 15) is 29.1 Å². The van der Waals surface area contributed by atoms with E-state index >= 15 is 0 Å². The molecular formula is C26H37N11O6S. The molecule has 3 saturated heterocycles. The molecule has 238 valence electrons. The van der Waals surface area contributed by atoms with E-state index < -0.39 is 17.9 Å². The minimum Gasteiger partial charge on any atom is -0.477 e. The highest BCUT2D eigenvalue weighted by molar-refractivity contribution is 8.03. The Labute approximate surface area is 257 Å². The summed E-state index contributed by atoms with van der Waals surface area (Å²) in [6, 6.07) is -0.769. The third kappa shape index (κ3) is 6.45. The number of hydrogen-bond acceptors (Lipinski definition) is 12. The predicted molar refractivity (Wildman–Crippen MR) is 155 cm³/mol. The molecule has 0 aliphatic carbocycles. The van der Waals surface area contributed by atoms with Gasteiger partial charge in [-0.05, 0) is 45.5 Å². The number of carboxylic acids is 1. The average Bonchev–Trinajstić information content (AvgIpc) is 3.76. The minimum atomic E-state index is -1.17. The third-order valence-electron chi connectivity index (χ3n) is 8.83. The van der Waals surface area contributed by atoms with Crippen molar-refractivity contribution >= 4 is 47.1 Å². The van der Waals surface area contributed by atoms with Gasteiger partial charge >= 0.3 is 5.97 Å². The second-order valence-electron chi connectivity index (χ2n) is 12.0. The van der Waals surface area contributed by atoms with E-state index in [4.69, 9.17) is 11.5 Å². The number of nitrogens with zero attached hydrogens (tertiary/aromatic N) is 8. The number of Topliss-reactive ketones (excluding diaryl/α,β-unsaturated/α-hetero) is 2. The number of β-lactam (4-membered cyclic amide) rings is 1. The van der Waals surface area contributed by atoms with Gasteiger partial charge in [0.25, 0.3) is 0 Å². The van der Waals surface area contributed by atoms with Crippen LogP contribution in [0, 0.1) is 23.7 Å². The molecule has 5 heterocycles. The van der Waals surface area contributed by atoms with Crippen molar-refractivity contribution in [2.24, 2.45) is 40.1 Å². The molecule has 44 heavy (non-hydrogen) atoms. The molecule has 4 aliphatic heterocycles. The summed E-state index contributed by atoms with van der Waals surface area (Å²) in [4.78, 5) is 72.2. The maximum Gasteiger partial charge on any atom is 0.353 e.